The van der Waals surface area contributed by atoms with Gasteiger partial charge in [-0.05, 0) is 42.3 Å². The summed E-state index contributed by atoms with van der Waals surface area (Å²) in [4.78, 5) is 4.17. The van der Waals surface area contributed by atoms with E-state index in [4.69, 9.17) is 0 Å². The summed E-state index contributed by atoms with van der Waals surface area (Å²) < 4.78 is 0. The van der Waals surface area contributed by atoms with Crippen molar-refractivity contribution in [1.82, 2.24) is 4.98 Å². The minimum absolute atomic E-state index is 1.08. The van der Waals surface area contributed by atoms with Crippen LogP contribution in [0.2, 0.25) is 0 Å². The molecule has 0 aliphatic heterocycles. The van der Waals surface area contributed by atoms with Gasteiger partial charge in [-0.2, -0.15) is 0 Å². The average Bonchev–Trinajstić information content (AvgIpc) is 2.51. The highest BCUT2D eigenvalue weighted by molar-refractivity contribution is 5.71. The number of rotatable bonds is 3. The number of hydrogen-bond acceptors (Lipinski definition) is 2. The van der Waals surface area contributed by atoms with Crippen molar-refractivity contribution < 1.29 is 0 Å². The monoisotopic (exact) mass is 260 g/mol. The summed E-state index contributed by atoms with van der Waals surface area (Å²) in [5.74, 6) is 0. The molecule has 0 saturated heterocycles. The van der Waals surface area contributed by atoms with E-state index in [2.05, 4.69) is 59.7 Å². The molecule has 0 unspecified atom stereocenters. The van der Waals surface area contributed by atoms with Crippen LogP contribution in [0.5, 0.6) is 0 Å². The molecule has 1 aromatic heterocycles. The van der Waals surface area contributed by atoms with E-state index in [0.717, 1.165) is 22.5 Å². The van der Waals surface area contributed by atoms with Crippen molar-refractivity contribution in [3.8, 4) is 11.1 Å². The predicted molar refractivity (Wildman–Crippen MR) is 84.1 cm³/mol. The van der Waals surface area contributed by atoms with Crippen LogP contribution in [0.4, 0.5) is 11.4 Å². The van der Waals surface area contributed by atoms with Gasteiger partial charge in [0.25, 0.3) is 0 Å². The van der Waals surface area contributed by atoms with Crippen LogP contribution in [-0.2, 0) is 0 Å². The Morgan fingerprint density at radius 2 is 1.70 bits per heavy atom. The Kier molecular flexibility index (Phi) is 3.46. The standard InChI is InChI=1S/C18H16N2/c1-14-6-2-3-10-18(14)20-17-9-4-7-15(12-17)16-8-5-11-19-13-16/h2-13,20H,1H3. The molecule has 0 amide bonds. The second kappa shape index (κ2) is 5.57. The van der Waals surface area contributed by atoms with E-state index in [1.54, 1.807) is 6.20 Å². The molecule has 0 radical (unpaired) electrons. The van der Waals surface area contributed by atoms with Gasteiger partial charge >= 0.3 is 0 Å². The smallest absolute Gasteiger partial charge is 0.0413 e. The van der Waals surface area contributed by atoms with Gasteiger partial charge in [-0.1, -0.05) is 36.4 Å². The molecule has 3 rings (SSSR count). The zero-order chi connectivity index (χ0) is 13.8. The summed E-state index contributed by atoms with van der Waals surface area (Å²) >= 11 is 0. The van der Waals surface area contributed by atoms with Gasteiger partial charge in [0.15, 0.2) is 0 Å². The van der Waals surface area contributed by atoms with E-state index >= 15 is 0 Å². The van der Waals surface area contributed by atoms with Gasteiger partial charge in [0.2, 0.25) is 0 Å². The van der Waals surface area contributed by atoms with Crippen molar-refractivity contribution in [3.05, 3.63) is 78.6 Å². The topological polar surface area (TPSA) is 24.9 Å². The van der Waals surface area contributed by atoms with Crippen molar-refractivity contribution in [2.45, 2.75) is 6.92 Å². The maximum atomic E-state index is 4.17. The number of para-hydroxylation sites is 1. The Labute approximate surface area is 119 Å². The van der Waals surface area contributed by atoms with Crippen LogP contribution < -0.4 is 5.32 Å². The van der Waals surface area contributed by atoms with Crippen molar-refractivity contribution in [3.63, 3.8) is 0 Å². The van der Waals surface area contributed by atoms with Crippen LogP contribution in [0.15, 0.2) is 73.1 Å². The van der Waals surface area contributed by atoms with Crippen LogP contribution in [0, 0.1) is 6.92 Å². The third-order valence-corrected chi connectivity index (χ3v) is 3.28. The lowest BCUT2D eigenvalue weighted by Crippen LogP contribution is -1.93. The Morgan fingerprint density at radius 3 is 2.50 bits per heavy atom. The van der Waals surface area contributed by atoms with E-state index in [1.807, 2.05) is 24.4 Å². The van der Waals surface area contributed by atoms with Crippen LogP contribution in [-0.4, -0.2) is 4.98 Å². The minimum atomic E-state index is 1.08. The summed E-state index contributed by atoms with van der Waals surface area (Å²) in [6, 6.07) is 20.7. The van der Waals surface area contributed by atoms with E-state index in [0.29, 0.717) is 0 Å². The molecule has 0 fully saturated rings. The van der Waals surface area contributed by atoms with Gasteiger partial charge in [0.1, 0.15) is 0 Å². The summed E-state index contributed by atoms with van der Waals surface area (Å²) in [7, 11) is 0. The fourth-order valence-electron chi connectivity index (χ4n) is 2.18. The maximum absolute atomic E-state index is 4.17. The number of benzene rings is 2. The number of nitrogens with zero attached hydrogens (tertiary/aromatic N) is 1. The second-order valence-electron chi connectivity index (χ2n) is 4.76. The molecule has 0 bridgehead atoms. The van der Waals surface area contributed by atoms with Gasteiger partial charge < -0.3 is 5.32 Å². The second-order valence-corrected chi connectivity index (χ2v) is 4.76. The first-order chi connectivity index (χ1) is 9.83. The summed E-state index contributed by atoms with van der Waals surface area (Å²) in [6.45, 7) is 2.10. The fraction of sp³-hybridized carbons (Fsp3) is 0.0556. The zero-order valence-electron chi connectivity index (χ0n) is 11.4. The lowest BCUT2D eigenvalue weighted by Gasteiger charge is -2.10. The normalized spacial score (nSPS) is 10.2. The van der Waals surface area contributed by atoms with Crippen LogP contribution in [0.25, 0.3) is 11.1 Å². The van der Waals surface area contributed by atoms with Gasteiger partial charge in [-0.3, -0.25) is 4.98 Å². The van der Waals surface area contributed by atoms with E-state index in [9.17, 15) is 0 Å². The number of aromatic nitrogens is 1. The van der Waals surface area contributed by atoms with Crippen LogP contribution in [0.3, 0.4) is 0 Å². The molecule has 0 aliphatic carbocycles. The number of hydrogen-bond donors (Lipinski definition) is 1. The molecule has 0 saturated carbocycles. The van der Waals surface area contributed by atoms with E-state index in [1.165, 1.54) is 5.56 Å². The third-order valence-electron chi connectivity index (χ3n) is 3.28. The molecule has 2 heteroatoms. The highest BCUT2D eigenvalue weighted by Gasteiger charge is 2.01. The highest BCUT2D eigenvalue weighted by Crippen LogP contribution is 2.25. The number of aryl methyl sites for hydroxylation is 1. The number of nitrogens with one attached hydrogen (secondary N) is 1. The van der Waals surface area contributed by atoms with Gasteiger partial charge in [0, 0.05) is 29.3 Å². The fourth-order valence-corrected chi connectivity index (χ4v) is 2.18. The molecular weight excluding hydrogens is 244 g/mol. The molecule has 1 heterocycles. The summed E-state index contributed by atoms with van der Waals surface area (Å²) in [5, 5.41) is 3.46. The molecule has 0 aliphatic rings. The Morgan fingerprint density at radius 1 is 0.850 bits per heavy atom. The maximum Gasteiger partial charge on any atom is 0.0413 e. The van der Waals surface area contributed by atoms with Crippen molar-refractivity contribution in [2.24, 2.45) is 0 Å². The van der Waals surface area contributed by atoms with Crippen LogP contribution >= 0.6 is 0 Å². The van der Waals surface area contributed by atoms with E-state index in [-0.39, 0.29) is 0 Å². The van der Waals surface area contributed by atoms with Crippen molar-refractivity contribution >= 4 is 11.4 Å². The summed E-state index contributed by atoms with van der Waals surface area (Å²) in [6.07, 6.45) is 3.67. The van der Waals surface area contributed by atoms with Crippen molar-refractivity contribution in [2.75, 3.05) is 5.32 Å². The predicted octanol–water partition coefficient (Wildman–Crippen LogP) is 4.80. The average molecular weight is 260 g/mol. The first kappa shape index (κ1) is 12.4. The Bertz CT molecular complexity index is 705. The molecule has 3 aromatic rings. The molecular formula is C18H16N2. The van der Waals surface area contributed by atoms with Crippen LogP contribution in [0.1, 0.15) is 5.56 Å². The molecule has 2 nitrogen and oxygen atoms in total. The highest BCUT2D eigenvalue weighted by atomic mass is 14.9. The third kappa shape index (κ3) is 2.69. The van der Waals surface area contributed by atoms with Gasteiger partial charge in [0.05, 0.1) is 0 Å². The number of pyridine rings is 1. The molecule has 1 N–H and O–H groups in total. The molecule has 20 heavy (non-hydrogen) atoms. The largest absolute Gasteiger partial charge is 0.355 e. The quantitative estimate of drug-likeness (QED) is 0.731. The SMILES string of the molecule is Cc1ccccc1Nc1cccc(-c2cccnc2)c1. The first-order valence-corrected chi connectivity index (χ1v) is 6.66. The Balaban J connectivity index is 1.91. The lowest BCUT2D eigenvalue weighted by molar-refractivity contribution is 1.33. The first-order valence-electron chi connectivity index (χ1n) is 6.66. The molecule has 2 aromatic carbocycles. The minimum Gasteiger partial charge on any atom is -0.355 e. The zero-order valence-corrected chi connectivity index (χ0v) is 11.4. The number of anilines is 2. The van der Waals surface area contributed by atoms with Gasteiger partial charge in [-0.15, -0.1) is 0 Å². The molecule has 0 spiro atoms. The summed E-state index contributed by atoms with van der Waals surface area (Å²) in [5.41, 5.74) is 5.74. The van der Waals surface area contributed by atoms with E-state index < -0.39 is 0 Å². The molecule has 0 atom stereocenters. The Hall–Kier alpha value is -2.61. The molecule has 98 valence electrons. The van der Waals surface area contributed by atoms with Crippen molar-refractivity contribution in [1.29, 1.82) is 0 Å². The van der Waals surface area contributed by atoms with Gasteiger partial charge in [-0.25, -0.2) is 0 Å². The lowest BCUT2D eigenvalue weighted by atomic mass is 10.1.